The molecule has 6 heteroatoms. The molecule has 2 amide bonds. The van der Waals surface area contributed by atoms with Crippen LogP contribution < -0.4 is 11.1 Å². The maximum absolute atomic E-state index is 12.3. The SMILES string of the molecule is CN(C(=O)Nc1ccc(Cl)c(Cl)c1)C1CCCC1CN. The second-order valence-electron chi connectivity index (χ2n) is 5.16. The zero-order chi connectivity index (χ0) is 14.7. The Balaban J connectivity index is 2.02. The predicted molar refractivity (Wildman–Crippen MR) is 83.4 cm³/mol. The second-order valence-corrected chi connectivity index (χ2v) is 5.98. The van der Waals surface area contributed by atoms with Gasteiger partial charge in [-0.15, -0.1) is 0 Å². The lowest BCUT2D eigenvalue weighted by molar-refractivity contribution is 0.190. The van der Waals surface area contributed by atoms with E-state index in [-0.39, 0.29) is 12.1 Å². The third-order valence-electron chi connectivity index (χ3n) is 3.91. The lowest BCUT2D eigenvalue weighted by Crippen LogP contribution is -2.43. The van der Waals surface area contributed by atoms with Gasteiger partial charge in [0.15, 0.2) is 0 Å². The van der Waals surface area contributed by atoms with Gasteiger partial charge in [0, 0.05) is 18.8 Å². The molecule has 20 heavy (non-hydrogen) atoms. The standard InChI is InChI=1S/C14H19Cl2N3O/c1-19(13-4-2-3-9(13)8-17)14(20)18-10-5-6-11(15)12(16)7-10/h5-7,9,13H,2-4,8,17H2,1H3,(H,18,20). The summed E-state index contributed by atoms with van der Waals surface area (Å²) in [5.74, 6) is 0.388. The molecule has 0 spiro atoms. The van der Waals surface area contributed by atoms with Crippen molar-refractivity contribution in [2.24, 2.45) is 11.7 Å². The number of benzene rings is 1. The van der Waals surface area contributed by atoms with Crippen molar-refractivity contribution in [3.05, 3.63) is 28.2 Å². The number of hydrogen-bond acceptors (Lipinski definition) is 2. The number of nitrogens with one attached hydrogen (secondary N) is 1. The summed E-state index contributed by atoms with van der Waals surface area (Å²) >= 11 is 11.8. The maximum atomic E-state index is 12.3. The molecular weight excluding hydrogens is 297 g/mol. The van der Waals surface area contributed by atoms with E-state index in [1.54, 1.807) is 23.1 Å². The van der Waals surface area contributed by atoms with Crippen molar-refractivity contribution >= 4 is 34.9 Å². The summed E-state index contributed by atoms with van der Waals surface area (Å²) in [7, 11) is 1.81. The summed E-state index contributed by atoms with van der Waals surface area (Å²) in [6.45, 7) is 0.620. The van der Waals surface area contributed by atoms with Crippen molar-refractivity contribution in [1.82, 2.24) is 4.90 Å². The van der Waals surface area contributed by atoms with Gasteiger partial charge in [0.25, 0.3) is 0 Å². The third kappa shape index (κ3) is 3.37. The molecule has 0 bridgehead atoms. The summed E-state index contributed by atoms with van der Waals surface area (Å²) in [6.07, 6.45) is 3.22. The van der Waals surface area contributed by atoms with Gasteiger partial charge in [-0.25, -0.2) is 4.79 Å². The van der Waals surface area contributed by atoms with Gasteiger partial charge < -0.3 is 16.0 Å². The Labute approximate surface area is 129 Å². The molecule has 1 fully saturated rings. The number of carbonyl (C=O) groups is 1. The number of anilines is 1. The highest BCUT2D eigenvalue weighted by Crippen LogP contribution is 2.29. The Morgan fingerprint density at radius 1 is 1.40 bits per heavy atom. The Morgan fingerprint density at radius 2 is 2.15 bits per heavy atom. The minimum Gasteiger partial charge on any atom is -0.330 e. The molecule has 1 aromatic carbocycles. The van der Waals surface area contributed by atoms with Gasteiger partial charge in [-0.2, -0.15) is 0 Å². The number of amides is 2. The van der Waals surface area contributed by atoms with E-state index in [9.17, 15) is 4.79 Å². The first-order chi connectivity index (χ1) is 9.52. The fourth-order valence-corrected chi connectivity index (χ4v) is 3.04. The van der Waals surface area contributed by atoms with Crippen LogP contribution in [-0.4, -0.2) is 30.6 Å². The van der Waals surface area contributed by atoms with Crippen LogP contribution in [0.3, 0.4) is 0 Å². The van der Waals surface area contributed by atoms with Crippen molar-refractivity contribution in [1.29, 1.82) is 0 Å². The highest BCUT2D eigenvalue weighted by Gasteiger charge is 2.31. The fourth-order valence-electron chi connectivity index (χ4n) is 2.74. The van der Waals surface area contributed by atoms with Crippen LogP contribution in [0.15, 0.2) is 18.2 Å². The van der Waals surface area contributed by atoms with Crippen LogP contribution in [0, 0.1) is 5.92 Å². The van der Waals surface area contributed by atoms with Crippen LogP contribution in [-0.2, 0) is 0 Å². The zero-order valence-electron chi connectivity index (χ0n) is 11.4. The summed E-state index contributed by atoms with van der Waals surface area (Å²) in [6, 6.07) is 5.11. The zero-order valence-corrected chi connectivity index (χ0v) is 12.9. The lowest BCUT2D eigenvalue weighted by atomic mass is 10.0. The van der Waals surface area contributed by atoms with Crippen molar-refractivity contribution < 1.29 is 4.79 Å². The molecule has 2 rings (SSSR count). The van der Waals surface area contributed by atoms with E-state index in [1.807, 2.05) is 7.05 Å². The first-order valence-corrected chi connectivity index (χ1v) is 7.47. The Hall–Kier alpha value is -0.970. The Morgan fingerprint density at radius 3 is 2.80 bits per heavy atom. The molecule has 1 aromatic rings. The van der Waals surface area contributed by atoms with Crippen LogP contribution in [0.2, 0.25) is 10.0 Å². The van der Waals surface area contributed by atoms with Crippen molar-refractivity contribution in [2.45, 2.75) is 25.3 Å². The molecule has 4 nitrogen and oxygen atoms in total. The molecule has 0 heterocycles. The number of halogens is 2. The highest BCUT2D eigenvalue weighted by molar-refractivity contribution is 6.42. The molecule has 1 aliphatic carbocycles. The Kier molecular flexibility index (Phi) is 5.13. The summed E-state index contributed by atoms with van der Waals surface area (Å²) in [4.78, 5) is 14.0. The average molecular weight is 316 g/mol. The van der Waals surface area contributed by atoms with Crippen LogP contribution in [0.25, 0.3) is 0 Å². The molecule has 1 aliphatic rings. The summed E-state index contributed by atoms with van der Waals surface area (Å²) in [5.41, 5.74) is 6.40. The highest BCUT2D eigenvalue weighted by atomic mass is 35.5. The van der Waals surface area contributed by atoms with E-state index in [4.69, 9.17) is 28.9 Å². The predicted octanol–water partition coefficient (Wildman–Crippen LogP) is 3.58. The number of nitrogens with two attached hydrogens (primary N) is 1. The van der Waals surface area contributed by atoms with Gasteiger partial charge in [0.2, 0.25) is 0 Å². The molecule has 3 N–H and O–H groups in total. The van der Waals surface area contributed by atoms with Crippen LogP contribution in [0.1, 0.15) is 19.3 Å². The van der Waals surface area contributed by atoms with Gasteiger partial charge in [0.1, 0.15) is 0 Å². The van der Waals surface area contributed by atoms with Crippen molar-refractivity contribution in [2.75, 3.05) is 18.9 Å². The molecule has 0 aromatic heterocycles. The molecule has 2 unspecified atom stereocenters. The summed E-state index contributed by atoms with van der Waals surface area (Å²) < 4.78 is 0. The second kappa shape index (κ2) is 6.66. The van der Waals surface area contributed by atoms with E-state index >= 15 is 0 Å². The minimum absolute atomic E-state index is 0.145. The van der Waals surface area contributed by atoms with E-state index in [0.29, 0.717) is 28.2 Å². The van der Waals surface area contributed by atoms with Gasteiger partial charge in [-0.05, 0) is 43.5 Å². The molecule has 0 radical (unpaired) electrons. The van der Waals surface area contributed by atoms with Gasteiger partial charge in [0.05, 0.1) is 10.0 Å². The monoisotopic (exact) mass is 315 g/mol. The van der Waals surface area contributed by atoms with E-state index < -0.39 is 0 Å². The Bertz CT molecular complexity index is 495. The van der Waals surface area contributed by atoms with Gasteiger partial charge >= 0.3 is 6.03 Å². The maximum Gasteiger partial charge on any atom is 0.321 e. The smallest absolute Gasteiger partial charge is 0.321 e. The molecule has 2 atom stereocenters. The van der Waals surface area contributed by atoms with Crippen LogP contribution in [0.4, 0.5) is 10.5 Å². The largest absolute Gasteiger partial charge is 0.330 e. The van der Waals surface area contributed by atoms with Crippen LogP contribution >= 0.6 is 23.2 Å². The van der Waals surface area contributed by atoms with Crippen molar-refractivity contribution in [3.8, 4) is 0 Å². The number of hydrogen-bond donors (Lipinski definition) is 2. The van der Waals surface area contributed by atoms with Crippen molar-refractivity contribution in [3.63, 3.8) is 0 Å². The molecule has 1 saturated carbocycles. The average Bonchev–Trinajstić information content (AvgIpc) is 2.90. The van der Waals surface area contributed by atoms with Crippen LogP contribution in [0.5, 0.6) is 0 Å². The number of rotatable bonds is 3. The molecule has 0 aliphatic heterocycles. The first kappa shape index (κ1) is 15.4. The number of urea groups is 1. The van der Waals surface area contributed by atoms with E-state index in [1.165, 1.54) is 0 Å². The third-order valence-corrected chi connectivity index (χ3v) is 4.65. The normalized spacial score (nSPS) is 21.8. The van der Waals surface area contributed by atoms with Gasteiger partial charge in [-0.1, -0.05) is 29.6 Å². The van der Waals surface area contributed by atoms with Gasteiger partial charge in [-0.3, -0.25) is 0 Å². The van der Waals surface area contributed by atoms with E-state index in [2.05, 4.69) is 5.32 Å². The quantitative estimate of drug-likeness (QED) is 0.895. The topological polar surface area (TPSA) is 58.4 Å². The molecule has 110 valence electrons. The lowest BCUT2D eigenvalue weighted by Gasteiger charge is -2.29. The summed E-state index contributed by atoms with van der Waals surface area (Å²) in [5, 5.41) is 3.73. The number of carbonyl (C=O) groups excluding carboxylic acids is 1. The molecule has 0 saturated heterocycles. The molecular formula is C14H19Cl2N3O. The fraction of sp³-hybridized carbons (Fsp3) is 0.500. The minimum atomic E-state index is -0.145. The van der Waals surface area contributed by atoms with E-state index in [0.717, 1.165) is 19.3 Å². The first-order valence-electron chi connectivity index (χ1n) is 6.72. The number of nitrogens with zero attached hydrogens (tertiary/aromatic N) is 1.